The lowest BCUT2D eigenvalue weighted by molar-refractivity contribution is 0.0976. The molecule has 132 valence electrons. The van der Waals surface area contributed by atoms with Gasteiger partial charge in [0.15, 0.2) is 0 Å². The van der Waals surface area contributed by atoms with Crippen molar-refractivity contribution in [2.45, 2.75) is 5.92 Å². The van der Waals surface area contributed by atoms with Crippen LogP contribution in [0.3, 0.4) is 0 Å². The van der Waals surface area contributed by atoms with E-state index in [1.807, 2.05) is 72.8 Å². The van der Waals surface area contributed by atoms with Crippen LogP contribution in [0.25, 0.3) is 0 Å². The molecule has 0 bridgehead atoms. The average Bonchev–Trinajstić information content (AvgIpc) is 2.84. The van der Waals surface area contributed by atoms with E-state index in [0.717, 1.165) is 22.6 Å². The van der Waals surface area contributed by atoms with Gasteiger partial charge >= 0.3 is 0 Å². The summed E-state index contributed by atoms with van der Waals surface area (Å²) in [6, 6.07) is 26.8. The molecule has 0 aromatic heterocycles. The number of nitrogens with zero attached hydrogens (tertiary/aromatic N) is 1. The fourth-order valence-electron chi connectivity index (χ4n) is 3.16. The van der Waals surface area contributed by atoms with Crippen molar-refractivity contribution in [2.75, 3.05) is 5.32 Å². The Labute approximate surface area is 158 Å². The smallest absolute Gasteiger partial charge is 0.256 e. The fourth-order valence-corrected chi connectivity index (χ4v) is 3.16. The number of para-hydroxylation sites is 2. The summed E-state index contributed by atoms with van der Waals surface area (Å²) < 4.78 is 0. The largest absolute Gasteiger partial charge is 0.357 e. The van der Waals surface area contributed by atoms with Crippen LogP contribution in [0.15, 0.2) is 102 Å². The number of rotatable bonds is 2. The molecule has 27 heavy (non-hydrogen) atoms. The molecule has 4 rings (SSSR count). The van der Waals surface area contributed by atoms with Crippen LogP contribution in [0, 0.1) is 0 Å². The van der Waals surface area contributed by atoms with Crippen LogP contribution in [0.1, 0.15) is 21.8 Å². The third-order valence-corrected chi connectivity index (χ3v) is 4.47. The summed E-state index contributed by atoms with van der Waals surface area (Å²) in [6.45, 7) is 4.22. The van der Waals surface area contributed by atoms with Crippen molar-refractivity contribution in [3.8, 4) is 0 Å². The standard InChI is InChI=1S/C23H19N3O/c1-16-21(17-10-4-2-5-11-17)22(25-20-15-9-8-14-19(20)24-16)26-23(27)18-12-6-3-7-13-18/h2-15,21,24H,1H2,(H,25,26,27). The van der Waals surface area contributed by atoms with Gasteiger partial charge in [0.1, 0.15) is 5.84 Å². The maximum atomic E-state index is 12.8. The molecule has 0 fully saturated rings. The molecule has 4 heteroatoms. The number of hydrogen-bond acceptors (Lipinski definition) is 3. The Hall–Kier alpha value is -3.66. The van der Waals surface area contributed by atoms with Crippen LogP contribution in [-0.2, 0) is 0 Å². The van der Waals surface area contributed by atoms with Crippen LogP contribution < -0.4 is 10.6 Å². The number of fused-ring (bicyclic) bond motifs is 1. The summed E-state index contributed by atoms with van der Waals surface area (Å²) in [5.41, 5.74) is 3.99. The van der Waals surface area contributed by atoms with Gasteiger partial charge in [0.25, 0.3) is 5.91 Å². The van der Waals surface area contributed by atoms with Crippen molar-refractivity contribution in [1.82, 2.24) is 5.32 Å². The van der Waals surface area contributed by atoms with Gasteiger partial charge in [-0.25, -0.2) is 4.99 Å². The van der Waals surface area contributed by atoms with Crippen molar-refractivity contribution in [3.63, 3.8) is 0 Å². The number of amides is 1. The first-order valence-corrected chi connectivity index (χ1v) is 8.77. The van der Waals surface area contributed by atoms with E-state index in [1.165, 1.54) is 0 Å². The van der Waals surface area contributed by atoms with E-state index in [-0.39, 0.29) is 11.8 Å². The lowest BCUT2D eigenvalue weighted by Gasteiger charge is -2.21. The molecule has 4 nitrogen and oxygen atoms in total. The Balaban J connectivity index is 1.78. The van der Waals surface area contributed by atoms with Crippen molar-refractivity contribution in [2.24, 2.45) is 4.99 Å². The molecule has 1 heterocycles. The molecule has 0 radical (unpaired) electrons. The van der Waals surface area contributed by atoms with Gasteiger partial charge in [-0.05, 0) is 29.8 Å². The normalized spacial score (nSPS) is 15.8. The first kappa shape index (κ1) is 16.8. The third-order valence-electron chi connectivity index (χ3n) is 4.47. The minimum atomic E-state index is -0.272. The Kier molecular flexibility index (Phi) is 4.54. The van der Waals surface area contributed by atoms with Crippen LogP contribution in [0.4, 0.5) is 11.4 Å². The van der Waals surface area contributed by atoms with Gasteiger partial charge in [-0.2, -0.15) is 0 Å². The van der Waals surface area contributed by atoms with E-state index in [2.05, 4.69) is 17.2 Å². The lowest BCUT2D eigenvalue weighted by Crippen LogP contribution is -2.35. The Morgan fingerprint density at radius 1 is 0.889 bits per heavy atom. The molecule has 0 aliphatic carbocycles. The van der Waals surface area contributed by atoms with Gasteiger partial charge in [0, 0.05) is 11.3 Å². The van der Waals surface area contributed by atoms with Crippen molar-refractivity contribution >= 4 is 23.1 Å². The van der Waals surface area contributed by atoms with Crippen LogP contribution >= 0.6 is 0 Å². The lowest BCUT2D eigenvalue weighted by atomic mass is 9.94. The molecule has 0 saturated carbocycles. The number of carbonyl (C=O) groups excluding carboxylic acids is 1. The summed E-state index contributed by atoms with van der Waals surface area (Å²) >= 11 is 0. The van der Waals surface area contributed by atoms with E-state index in [4.69, 9.17) is 4.99 Å². The molecule has 1 atom stereocenters. The van der Waals surface area contributed by atoms with E-state index in [9.17, 15) is 4.79 Å². The van der Waals surface area contributed by atoms with E-state index < -0.39 is 0 Å². The topological polar surface area (TPSA) is 53.5 Å². The van der Waals surface area contributed by atoms with E-state index in [0.29, 0.717) is 11.4 Å². The summed E-state index contributed by atoms with van der Waals surface area (Å²) in [6.07, 6.45) is 0. The predicted molar refractivity (Wildman–Crippen MR) is 109 cm³/mol. The third kappa shape index (κ3) is 3.51. The first-order valence-electron chi connectivity index (χ1n) is 8.77. The Morgan fingerprint density at radius 2 is 1.52 bits per heavy atom. The summed E-state index contributed by atoms with van der Waals surface area (Å²) in [7, 11) is 0. The molecule has 0 spiro atoms. The van der Waals surface area contributed by atoms with Crippen LogP contribution in [0.2, 0.25) is 0 Å². The second kappa shape index (κ2) is 7.30. The highest BCUT2D eigenvalue weighted by Gasteiger charge is 2.27. The quantitative estimate of drug-likeness (QED) is 0.690. The van der Waals surface area contributed by atoms with Gasteiger partial charge in [-0.15, -0.1) is 0 Å². The fraction of sp³-hybridized carbons (Fsp3) is 0.0435. The number of nitrogens with one attached hydrogen (secondary N) is 2. The zero-order valence-electron chi connectivity index (χ0n) is 14.7. The molecular weight excluding hydrogens is 334 g/mol. The number of hydrogen-bond donors (Lipinski definition) is 2. The maximum absolute atomic E-state index is 12.8. The number of benzene rings is 3. The van der Waals surface area contributed by atoms with Gasteiger partial charge in [-0.3, -0.25) is 4.79 Å². The number of carbonyl (C=O) groups is 1. The Bertz CT molecular complexity index is 1010. The predicted octanol–water partition coefficient (Wildman–Crippen LogP) is 4.87. The monoisotopic (exact) mass is 353 g/mol. The van der Waals surface area contributed by atoms with E-state index >= 15 is 0 Å². The Morgan fingerprint density at radius 3 is 2.26 bits per heavy atom. The zero-order chi connectivity index (χ0) is 18.6. The van der Waals surface area contributed by atoms with Crippen molar-refractivity contribution in [3.05, 3.63) is 108 Å². The summed E-state index contributed by atoms with van der Waals surface area (Å²) in [5.74, 6) is 0.0891. The molecule has 3 aromatic carbocycles. The molecule has 1 aliphatic rings. The van der Waals surface area contributed by atoms with Crippen molar-refractivity contribution < 1.29 is 4.79 Å². The zero-order valence-corrected chi connectivity index (χ0v) is 14.7. The van der Waals surface area contributed by atoms with Gasteiger partial charge in [0.05, 0.1) is 17.3 Å². The number of anilines is 1. The van der Waals surface area contributed by atoms with Crippen LogP contribution in [-0.4, -0.2) is 11.7 Å². The highest BCUT2D eigenvalue weighted by Crippen LogP contribution is 2.35. The average molecular weight is 353 g/mol. The highest BCUT2D eigenvalue weighted by molar-refractivity contribution is 6.10. The number of aliphatic imine (C=N–C) groups is 1. The molecule has 2 N–H and O–H groups in total. The minimum Gasteiger partial charge on any atom is -0.357 e. The van der Waals surface area contributed by atoms with Crippen molar-refractivity contribution in [1.29, 1.82) is 0 Å². The first-order chi connectivity index (χ1) is 13.2. The number of amidine groups is 1. The molecule has 1 aliphatic heterocycles. The second-order valence-corrected chi connectivity index (χ2v) is 6.33. The van der Waals surface area contributed by atoms with Gasteiger partial charge in [-0.1, -0.05) is 67.2 Å². The summed E-state index contributed by atoms with van der Waals surface area (Å²) in [5, 5.41) is 6.36. The highest BCUT2D eigenvalue weighted by atomic mass is 16.1. The molecule has 3 aromatic rings. The minimum absolute atomic E-state index is 0.192. The second-order valence-electron chi connectivity index (χ2n) is 6.33. The molecule has 1 amide bonds. The summed E-state index contributed by atoms with van der Waals surface area (Å²) in [4.78, 5) is 17.6. The SMILES string of the molecule is C=C1Nc2ccccc2N=C(NC(=O)c2ccccc2)C1c1ccccc1. The molecule has 1 unspecified atom stereocenters. The molecule has 0 saturated heterocycles. The maximum Gasteiger partial charge on any atom is 0.256 e. The van der Waals surface area contributed by atoms with Gasteiger partial charge < -0.3 is 10.6 Å². The molecular formula is C23H19N3O. The van der Waals surface area contributed by atoms with E-state index in [1.54, 1.807) is 12.1 Å². The van der Waals surface area contributed by atoms with Crippen LogP contribution in [0.5, 0.6) is 0 Å². The van der Waals surface area contributed by atoms with Gasteiger partial charge in [0.2, 0.25) is 0 Å².